The first-order chi connectivity index (χ1) is 11.2. The minimum atomic E-state index is -0.738. The Morgan fingerprint density at radius 2 is 1.96 bits per heavy atom. The number of hydrogen-bond acceptors (Lipinski definition) is 5. The normalized spacial score (nSPS) is 10.4. The molecule has 0 atom stereocenters. The van der Waals surface area contributed by atoms with Crippen molar-refractivity contribution in [1.82, 2.24) is 15.3 Å². The van der Waals surface area contributed by atoms with Gasteiger partial charge in [0.1, 0.15) is 11.5 Å². The highest BCUT2D eigenvalue weighted by molar-refractivity contribution is 6.28. The highest BCUT2D eigenvalue weighted by Gasteiger charge is 2.15. The van der Waals surface area contributed by atoms with Crippen LogP contribution in [0.1, 0.15) is 34.8 Å². The molecule has 0 saturated heterocycles. The van der Waals surface area contributed by atoms with Crippen molar-refractivity contribution in [3.8, 4) is 0 Å². The van der Waals surface area contributed by atoms with Crippen molar-refractivity contribution in [2.75, 3.05) is 13.7 Å². The van der Waals surface area contributed by atoms with Crippen LogP contribution >= 0.6 is 11.6 Å². The molecule has 1 rings (SSSR count). The third-order valence-electron chi connectivity index (χ3n) is 2.75. The summed E-state index contributed by atoms with van der Waals surface area (Å²) in [5.74, 6) is -1.69. The number of halogens is 2. The molecule has 1 aromatic rings. The molecule has 1 heterocycles. The number of carbonyl (C=O) groups is 2. The second-order valence-electron chi connectivity index (χ2n) is 4.92. The average Bonchev–Trinajstić information content (AvgIpc) is 2.55. The van der Waals surface area contributed by atoms with Crippen LogP contribution in [-0.4, -0.2) is 35.5 Å². The molecule has 0 fully saturated rings. The maximum absolute atomic E-state index is 13.3. The summed E-state index contributed by atoms with van der Waals surface area (Å²) in [5, 5.41) is 2.28. The standard InChI is InChI=1S/C16H17ClFN3O3/c1-9(2)11(18)6-5-10(3)8-19-14(22)12-7-13(15(23)24-4)21-16(17)20-12/h5-7H,3,8H2,1-2,4H3,(H,19,22)/b6-5-. The predicted octanol–water partition coefficient (Wildman–Crippen LogP) is 3.02. The molecule has 0 radical (unpaired) electrons. The van der Waals surface area contributed by atoms with Gasteiger partial charge in [0.05, 0.1) is 7.11 Å². The van der Waals surface area contributed by atoms with E-state index in [0.717, 1.165) is 6.07 Å². The Kier molecular flexibility index (Phi) is 7.26. The summed E-state index contributed by atoms with van der Waals surface area (Å²) in [6.07, 6.45) is 2.72. The molecule has 8 heteroatoms. The van der Waals surface area contributed by atoms with Crippen molar-refractivity contribution in [2.45, 2.75) is 13.8 Å². The molecule has 0 aliphatic carbocycles. The van der Waals surface area contributed by atoms with Gasteiger partial charge in [-0.15, -0.1) is 0 Å². The first-order valence-corrected chi connectivity index (χ1v) is 7.22. The largest absolute Gasteiger partial charge is 0.464 e. The number of hydrogen-bond donors (Lipinski definition) is 1. The number of ether oxygens (including phenoxy) is 1. The zero-order chi connectivity index (χ0) is 18.3. The molecule has 6 nitrogen and oxygen atoms in total. The zero-order valence-electron chi connectivity index (χ0n) is 13.5. The molecule has 0 unspecified atom stereocenters. The number of allylic oxidation sites excluding steroid dienone is 3. The lowest BCUT2D eigenvalue weighted by Gasteiger charge is -2.06. The van der Waals surface area contributed by atoms with E-state index in [9.17, 15) is 14.0 Å². The topological polar surface area (TPSA) is 81.2 Å². The van der Waals surface area contributed by atoms with E-state index in [1.165, 1.54) is 19.3 Å². The summed E-state index contributed by atoms with van der Waals surface area (Å²) < 4.78 is 17.9. The highest BCUT2D eigenvalue weighted by Crippen LogP contribution is 2.09. The van der Waals surface area contributed by atoms with E-state index in [0.29, 0.717) is 11.1 Å². The molecular formula is C16H17ClFN3O3. The Morgan fingerprint density at radius 1 is 1.33 bits per heavy atom. The SMILES string of the molecule is C=C(/C=C\C(F)=C(C)C)CNC(=O)c1cc(C(=O)OC)nc(Cl)n1. The van der Waals surface area contributed by atoms with Gasteiger partial charge in [0.15, 0.2) is 5.69 Å². The summed E-state index contributed by atoms with van der Waals surface area (Å²) >= 11 is 5.69. The fraction of sp³-hybridized carbons (Fsp3) is 0.250. The Bertz CT molecular complexity index is 725. The van der Waals surface area contributed by atoms with Crippen LogP contribution in [0.5, 0.6) is 0 Å². The predicted molar refractivity (Wildman–Crippen MR) is 88.5 cm³/mol. The van der Waals surface area contributed by atoms with Gasteiger partial charge in [0.25, 0.3) is 5.91 Å². The fourth-order valence-electron chi connectivity index (χ4n) is 1.44. The molecular weight excluding hydrogens is 337 g/mol. The summed E-state index contributed by atoms with van der Waals surface area (Å²) in [7, 11) is 1.18. The maximum atomic E-state index is 13.3. The molecule has 0 saturated carbocycles. The number of aromatic nitrogens is 2. The van der Waals surface area contributed by atoms with Crippen molar-refractivity contribution >= 4 is 23.5 Å². The van der Waals surface area contributed by atoms with E-state index < -0.39 is 11.9 Å². The lowest BCUT2D eigenvalue weighted by molar-refractivity contribution is 0.0593. The van der Waals surface area contributed by atoms with Gasteiger partial charge >= 0.3 is 5.97 Å². The van der Waals surface area contributed by atoms with Crippen LogP contribution in [0.3, 0.4) is 0 Å². The summed E-state index contributed by atoms with van der Waals surface area (Å²) in [6, 6.07) is 1.16. The Labute approximate surface area is 144 Å². The van der Waals surface area contributed by atoms with Crippen LogP contribution < -0.4 is 5.32 Å². The first-order valence-electron chi connectivity index (χ1n) is 6.84. The van der Waals surface area contributed by atoms with Crippen LogP contribution in [0, 0.1) is 0 Å². The van der Waals surface area contributed by atoms with Crippen molar-refractivity contribution in [3.63, 3.8) is 0 Å². The molecule has 0 spiro atoms. The van der Waals surface area contributed by atoms with Gasteiger partial charge in [0, 0.05) is 12.6 Å². The second kappa shape index (κ2) is 8.93. The highest BCUT2D eigenvalue weighted by atomic mass is 35.5. The number of amides is 1. The van der Waals surface area contributed by atoms with E-state index in [1.54, 1.807) is 13.8 Å². The molecule has 1 amide bonds. The number of nitrogens with one attached hydrogen (secondary N) is 1. The first kappa shape index (κ1) is 19.5. The molecule has 1 N–H and O–H groups in total. The van der Waals surface area contributed by atoms with Crippen LogP contribution in [0.4, 0.5) is 4.39 Å². The molecule has 24 heavy (non-hydrogen) atoms. The number of methoxy groups -OCH3 is 1. The Balaban J connectivity index is 2.76. The van der Waals surface area contributed by atoms with Gasteiger partial charge in [0.2, 0.25) is 5.28 Å². The van der Waals surface area contributed by atoms with Gasteiger partial charge in [-0.3, -0.25) is 4.79 Å². The third-order valence-corrected chi connectivity index (χ3v) is 2.91. The summed E-state index contributed by atoms with van der Waals surface area (Å²) in [5.41, 5.74) is 0.789. The minimum absolute atomic E-state index is 0.0700. The maximum Gasteiger partial charge on any atom is 0.356 e. The molecule has 0 aliphatic heterocycles. The van der Waals surface area contributed by atoms with Crippen molar-refractivity contribution < 1.29 is 18.7 Å². The fourth-order valence-corrected chi connectivity index (χ4v) is 1.63. The third kappa shape index (κ3) is 5.92. The van der Waals surface area contributed by atoms with E-state index in [-0.39, 0.29) is 29.0 Å². The van der Waals surface area contributed by atoms with Gasteiger partial charge in [-0.1, -0.05) is 12.7 Å². The van der Waals surface area contributed by atoms with Crippen molar-refractivity contribution in [2.24, 2.45) is 0 Å². The van der Waals surface area contributed by atoms with Crippen LogP contribution in [0.15, 0.2) is 41.8 Å². The monoisotopic (exact) mass is 353 g/mol. The summed E-state index contributed by atoms with van der Waals surface area (Å²) in [4.78, 5) is 30.9. The Hall–Kier alpha value is -2.54. The van der Waals surface area contributed by atoms with Gasteiger partial charge in [-0.2, -0.15) is 0 Å². The molecule has 0 aliphatic rings. The van der Waals surface area contributed by atoms with Crippen molar-refractivity contribution in [3.05, 3.63) is 58.4 Å². The quantitative estimate of drug-likeness (QED) is 0.483. The molecule has 1 aromatic heterocycles. The molecule has 0 bridgehead atoms. The number of esters is 1. The second-order valence-corrected chi connectivity index (χ2v) is 5.26. The Morgan fingerprint density at radius 3 is 2.54 bits per heavy atom. The van der Waals surface area contributed by atoms with Crippen LogP contribution in [0.2, 0.25) is 5.28 Å². The smallest absolute Gasteiger partial charge is 0.356 e. The van der Waals surface area contributed by atoms with E-state index in [2.05, 4.69) is 26.6 Å². The lowest BCUT2D eigenvalue weighted by atomic mass is 10.2. The van der Waals surface area contributed by atoms with E-state index >= 15 is 0 Å². The average molecular weight is 354 g/mol. The lowest BCUT2D eigenvalue weighted by Crippen LogP contribution is -2.26. The number of nitrogens with zero attached hydrogens (tertiary/aromatic N) is 2. The summed E-state index contributed by atoms with van der Waals surface area (Å²) in [6.45, 7) is 7.06. The zero-order valence-corrected chi connectivity index (χ0v) is 14.3. The number of rotatable bonds is 6. The van der Waals surface area contributed by atoms with Crippen LogP contribution in [0.25, 0.3) is 0 Å². The number of carbonyl (C=O) groups excluding carboxylic acids is 2. The van der Waals surface area contributed by atoms with Gasteiger partial charge in [-0.25, -0.2) is 19.2 Å². The molecule has 0 aromatic carbocycles. The van der Waals surface area contributed by atoms with E-state index in [1.807, 2.05) is 0 Å². The van der Waals surface area contributed by atoms with Gasteiger partial charge < -0.3 is 10.1 Å². The van der Waals surface area contributed by atoms with Crippen molar-refractivity contribution in [1.29, 1.82) is 0 Å². The van der Waals surface area contributed by atoms with Crippen LogP contribution in [-0.2, 0) is 4.74 Å². The van der Waals surface area contributed by atoms with E-state index in [4.69, 9.17) is 11.6 Å². The van der Waals surface area contributed by atoms with Gasteiger partial charge in [-0.05, 0) is 42.7 Å². The minimum Gasteiger partial charge on any atom is -0.464 e. The molecule has 128 valence electrons.